The van der Waals surface area contributed by atoms with E-state index in [1.165, 1.54) is 12.1 Å². The van der Waals surface area contributed by atoms with Gasteiger partial charge in [0.2, 0.25) is 0 Å². The lowest BCUT2D eigenvalue weighted by Crippen LogP contribution is -2.23. The molecule has 0 aliphatic carbocycles. The lowest BCUT2D eigenvalue weighted by molar-refractivity contribution is -0.385. The first-order valence-electron chi connectivity index (χ1n) is 12.9. The number of hydrogen-bond acceptors (Lipinski definition) is 6. The minimum absolute atomic E-state index is 0.108. The third-order valence-corrected chi connectivity index (χ3v) is 6.29. The summed E-state index contributed by atoms with van der Waals surface area (Å²) in [5.74, 6) is 0.985. The number of oxime groups is 1. The van der Waals surface area contributed by atoms with Crippen molar-refractivity contribution >= 4 is 18.0 Å². The number of imidazole rings is 1. The van der Waals surface area contributed by atoms with Crippen LogP contribution in [0.2, 0.25) is 0 Å². The van der Waals surface area contributed by atoms with E-state index in [4.69, 9.17) is 9.82 Å². The van der Waals surface area contributed by atoms with Crippen molar-refractivity contribution in [3.8, 4) is 22.5 Å². The van der Waals surface area contributed by atoms with E-state index in [1.807, 2.05) is 43.3 Å². The monoisotopic (exact) mass is 525 g/mol. The quantitative estimate of drug-likeness (QED) is 0.0722. The number of nitrogens with zero attached hydrogens (tertiary/aromatic N) is 4. The van der Waals surface area contributed by atoms with Gasteiger partial charge in [0.1, 0.15) is 5.82 Å². The Balaban J connectivity index is 1.24. The molecule has 0 atom stereocenters. The van der Waals surface area contributed by atoms with Crippen molar-refractivity contribution in [1.82, 2.24) is 14.9 Å². The van der Waals surface area contributed by atoms with Crippen LogP contribution in [0.1, 0.15) is 37.1 Å². The van der Waals surface area contributed by atoms with Gasteiger partial charge >= 0.3 is 6.09 Å². The zero-order chi connectivity index (χ0) is 27.5. The summed E-state index contributed by atoms with van der Waals surface area (Å²) in [6.07, 6.45) is 4.18. The molecule has 39 heavy (non-hydrogen) atoms. The van der Waals surface area contributed by atoms with Gasteiger partial charge in [-0.2, -0.15) is 0 Å². The zero-order valence-corrected chi connectivity index (χ0v) is 21.8. The maximum absolute atomic E-state index is 11.9. The average Bonchev–Trinajstić information content (AvgIpc) is 3.29. The Morgan fingerprint density at radius 1 is 0.949 bits per heavy atom. The van der Waals surface area contributed by atoms with Crippen LogP contribution in [-0.2, 0) is 11.4 Å². The highest BCUT2D eigenvalue weighted by atomic mass is 16.7. The van der Waals surface area contributed by atoms with Gasteiger partial charge in [-0.15, -0.1) is 0 Å². The first kappa shape index (κ1) is 27.3. The fourth-order valence-electron chi connectivity index (χ4n) is 4.39. The number of aromatic nitrogens is 2. The van der Waals surface area contributed by atoms with Crippen molar-refractivity contribution in [2.75, 3.05) is 6.54 Å². The number of para-hydroxylation sites is 1. The van der Waals surface area contributed by atoms with Crippen LogP contribution in [0, 0.1) is 17.0 Å². The van der Waals surface area contributed by atoms with E-state index in [0.29, 0.717) is 6.54 Å². The van der Waals surface area contributed by atoms with E-state index < -0.39 is 11.0 Å². The standard InChI is InChI=1S/C30H31N5O4/c1-23-33-28(24-14-6-4-7-15-24)29(25-16-8-5-9-17-25)34(23)21-13-3-2-12-20-31-30(36)39-32-22-26-18-10-11-19-27(26)35(37)38/h4-11,14-19,22H,2-3,12-13,20-21H2,1H3,(H,31,36)/b32-22+. The molecule has 1 aromatic heterocycles. The molecule has 4 rings (SSSR count). The van der Waals surface area contributed by atoms with E-state index >= 15 is 0 Å². The van der Waals surface area contributed by atoms with Crippen molar-refractivity contribution in [2.24, 2.45) is 5.16 Å². The second kappa shape index (κ2) is 13.7. The minimum atomic E-state index is -0.695. The molecule has 0 aliphatic heterocycles. The van der Waals surface area contributed by atoms with Gasteiger partial charge < -0.3 is 9.88 Å². The van der Waals surface area contributed by atoms with Gasteiger partial charge in [0.05, 0.1) is 28.1 Å². The largest absolute Gasteiger partial charge is 0.433 e. The number of carbonyl (C=O) groups is 1. The molecular weight excluding hydrogens is 494 g/mol. The molecule has 0 fully saturated rings. The predicted octanol–water partition coefficient (Wildman–Crippen LogP) is 6.75. The lowest BCUT2D eigenvalue weighted by Gasteiger charge is -2.12. The average molecular weight is 526 g/mol. The molecule has 3 aromatic carbocycles. The number of rotatable bonds is 12. The number of hydrogen-bond donors (Lipinski definition) is 1. The van der Waals surface area contributed by atoms with Gasteiger partial charge in [0.15, 0.2) is 0 Å². The lowest BCUT2D eigenvalue weighted by atomic mass is 10.0. The zero-order valence-electron chi connectivity index (χ0n) is 21.8. The number of nitro benzene ring substituents is 1. The number of unbranched alkanes of at least 4 members (excludes halogenated alkanes) is 3. The number of amides is 1. The van der Waals surface area contributed by atoms with E-state index in [-0.39, 0.29) is 11.3 Å². The molecular formula is C30H31N5O4. The van der Waals surface area contributed by atoms with Gasteiger partial charge in [-0.1, -0.05) is 90.8 Å². The molecule has 0 unspecified atom stereocenters. The molecule has 0 bridgehead atoms. The molecule has 4 aromatic rings. The first-order valence-corrected chi connectivity index (χ1v) is 12.9. The maximum atomic E-state index is 11.9. The molecule has 0 spiro atoms. The summed E-state index contributed by atoms with van der Waals surface area (Å²) in [5.41, 5.74) is 4.52. The molecule has 1 amide bonds. The van der Waals surface area contributed by atoms with Crippen LogP contribution in [0.3, 0.4) is 0 Å². The Morgan fingerprint density at radius 2 is 1.59 bits per heavy atom. The van der Waals surface area contributed by atoms with E-state index in [1.54, 1.807) is 12.1 Å². The van der Waals surface area contributed by atoms with Crippen molar-refractivity contribution in [1.29, 1.82) is 0 Å². The molecule has 0 aliphatic rings. The Hall–Kier alpha value is -4.79. The summed E-state index contributed by atoms with van der Waals surface area (Å²) in [5, 5.41) is 17.2. The highest BCUT2D eigenvalue weighted by Gasteiger charge is 2.17. The number of nitro groups is 1. The van der Waals surface area contributed by atoms with Gasteiger partial charge in [-0.3, -0.25) is 15.0 Å². The second-order valence-electron chi connectivity index (χ2n) is 9.01. The number of benzene rings is 3. The smallest absolute Gasteiger partial charge is 0.328 e. The predicted molar refractivity (Wildman–Crippen MR) is 151 cm³/mol. The molecule has 0 saturated carbocycles. The van der Waals surface area contributed by atoms with Gasteiger partial charge in [-0.05, 0) is 25.8 Å². The molecule has 0 saturated heterocycles. The summed E-state index contributed by atoms with van der Waals surface area (Å²) < 4.78 is 2.29. The molecule has 9 heteroatoms. The molecule has 200 valence electrons. The third-order valence-electron chi connectivity index (χ3n) is 6.29. The van der Waals surface area contributed by atoms with Gasteiger partial charge in [0, 0.05) is 30.3 Å². The molecule has 9 nitrogen and oxygen atoms in total. The topological polar surface area (TPSA) is 112 Å². The van der Waals surface area contributed by atoms with Crippen LogP contribution in [-0.4, -0.2) is 33.3 Å². The minimum Gasteiger partial charge on any atom is -0.328 e. The number of nitrogens with one attached hydrogen (secondary N) is 1. The molecule has 1 heterocycles. The number of carbonyl (C=O) groups excluding carboxylic acids is 1. The van der Waals surface area contributed by atoms with Crippen LogP contribution < -0.4 is 5.32 Å². The second-order valence-corrected chi connectivity index (χ2v) is 9.01. The van der Waals surface area contributed by atoms with Crippen molar-refractivity contribution in [2.45, 2.75) is 39.2 Å². The fraction of sp³-hybridized carbons (Fsp3) is 0.233. The van der Waals surface area contributed by atoms with Crippen molar-refractivity contribution in [3.05, 3.63) is 106 Å². The van der Waals surface area contributed by atoms with E-state index in [0.717, 1.165) is 66.8 Å². The SMILES string of the molecule is Cc1nc(-c2ccccc2)c(-c2ccccc2)n1CCCCCCNC(=O)O/N=C/c1ccccc1[N+](=O)[O-]. The van der Waals surface area contributed by atoms with Crippen LogP contribution in [0.5, 0.6) is 0 Å². The Labute approximate surface area is 227 Å². The normalized spacial score (nSPS) is 11.0. The molecule has 1 N–H and O–H groups in total. The summed E-state index contributed by atoms with van der Waals surface area (Å²) >= 11 is 0. The van der Waals surface area contributed by atoms with Crippen LogP contribution in [0.15, 0.2) is 90.1 Å². The Morgan fingerprint density at radius 3 is 2.31 bits per heavy atom. The van der Waals surface area contributed by atoms with Crippen molar-refractivity contribution in [3.63, 3.8) is 0 Å². The highest BCUT2D eigenvalue weighted by molar-refractivity contribution is 5.85. The van der Waals surface area contributed by atoms with Crippen LogP contribution in [0.25, 0.3) is 22.5 Å². The highest BCUT2D eigenvalue weighted by Crippen LogP contribution is 2.33. The van der Waals surface area contributed by atoms with Gasteiger partial charge in [-0.25, -0.2) is 9.78 Å². The third kappa shape index (κ3) is 7.38. The van der Waals surface area contributed by atoms with Crippen LogP contribution >= 0.6 is 0 Å². The summed E-state index contributed by atoms with van der Waals surface area (Å²) in [4.78, 5) is 32.1. The molecule has 0 radical (unpaired) electrons. The number of aryl methyl sites for hydroxylation is 1. The summed E-state index contributed by atoms with van der Waals surface area (Å²) in [7, 11) is 0. The first-order chi connectivity index (χ1) is 19.0. The Kier molecular flexibility index (Phi) is 9.55. The Bertz CT molecular complexity index is 1420. The maximum Gasteiger partial charge on any atom is 0.433 e. The summed E-state index contributed by atoms with van der Waals surface area (Å²) in [6, 6.07) is 26.7. The summed E-state index contributed by atoms with van der Waals surface area (Å²) in [6.45, 7) is 3.36. The van der Waals surface area contributed by atoms with Gasteiger partial charge in [0.25, 0.3) is 5.69 Å². The van der Waals surface area contributed by atoms with Crippen molar-refractivity contribution < 1.29 is 14.6 Å². The van der Waals surface area contributed by atoms with E-state index in [2.05, 4.69) is 39.3 Å². The van der Waals surface area contributed by atoms with Crippen LogP contribution in [0.4, 0.5) is 10.5 Å². The van der Waals surface area contributed by atoms with E-state index in [9.17, 15) is 14.9 Å². The fourth-order valence-corrected chi connectivity index (χ4v) is 4.39.